The van der Waals surface area contributed by atoms with E-state index >= 15 is 0 Å². The lowest BCUT2D eigenvalue weighted by atomic mass is 9.99. The number of nitrogens with two attached hydrogens (primary N) is 1. The summed E-state index contributed by atoms with van der Waals surface area (Å²) >= 11 is 5.09. The highest BCUT2D eigenvalue weighted by atomic mass is 79.9. The van der Waals surface area contributed by atoms with Crippen LogP contribution in [0.3, 0.4) is 0 Å². The van der Waals surface area contributed by atoms with Crippen molar-refractivity contribution >= 4 is 44.5 Å². The zero-order valence-electron chi connectivity index (χ0n) is 11.8. The molecule has 0 aliphatic heterocycles. The summed E-state index contributed by atoms with van der Waals surface area (Å²) in [5.74, 6) is -0.0571. The summed E-state index contributed by atoms with van der Waals surface area (Å²) in [4.78, 5) is 14.6. The van der Waals surface area contributed by atoms with Gasteiger partial charge in [0, 0.05) is 15.0 Å². The lowest BCUT2D eigenvalue weighted by Gasteiger charge is -2.09. The van der Waals surface area contributed by atoms with Gasteiger partial charge in [0.1, 0.15) is 0 Å². The molecule has 0 atom stereocenters. The molecule has 1 amide bonds. The Morgan fingerprint density at radius 2 is 2.05 bits per heavy atom. The summed E-state index contributed by atoms with van der Waals surface area (Å²) < 4.78 is 0.851. The largest absolute Gasteiger partial charge is 0.398 e. The Kier molecular flexibility index (Phi) is 4.04. The van der Waals surface area contributed by atoms with Crippen molar-refractivity contribution < 1.29 is 4.79 Å². The molecule has 2 aromatic rings. The van der Waals surface area contributed by atoms with Crippen molar-refractivity contribution in [2.45, 2.75) is 32.6 Å². The van der Waals surface area contributed by atoms with Crippen molar-refractivity contribution in [1.82, 2.24) is 0 Å². The number of hydrogen-bond donors (Lipinski definition) is 2. The smallest absolute Gasteiger partial charge is 0.265 e. The second kappa shape index (κ2) is 5.81. The number of halogens is 1. The number of carbonyl (C=O) groups excluding carboxylic acids is 1. The minimum Gasteiger partial charge on any atom is -0.398 e. The van der Waals surface area contributed by atoms with E-state index in [0.717, 1.165) is 33.4 Å². The maximum Gasteiger partial charge on any atom is 0.265 e. The Labute approximate surface area is 136 Å². The molecular weight excluding hydrogens is 348 g/mol. The molecule has 1 aliphatic carbocycles. The molecule has 3 N–H and O–H groups in total. The highest BCUT2D eigenvalue weighted by Crippen LogP contribution is 2.32. The molecule has 1 aliphatic rings. The van der Waals surface area contributed by atoms with Crippen molar-refractivity contribution in [2.75, 3.05) is 11.1 Å². The molecule has 0 radical (unpaired) electrons. The third-order valence-corrected chi connectivity index (χ3v) is 5.72. The Hall–Kier alpha value is -1.33. The van der Waals surface area contributed by atoms with Crippen LogP contribution in [0.2, 0.25) is 0 Å². The van der Waals surface area contributed by atoms with Crippen LogP contribution in [0.25, 0.3) is 0 Å². The molecule has 0 unspecified atom stereocenters. The van der Waals surface area contributed by atoms with E-state index in [1.807, 2.05) is 19.1 Å². The maximum absolute atomic E-state index is 12.4. The topological polar surface area (TPSA) is 55.1 Å². The second-order valence-electron chi connectivity index (χ2n) is 5.41. The first-order valence-corrected chi connectivity index (χ1v) is 8.64. The molecule has 1 heterocycles. The van der Waals surface area contributed by atoms with Gasteiger partial charge in [0.05, 0.1) is 10.6 Å². The van der Waals surface area contributed by atoms with Crippen LogP contribution in [0.15, 0.2) is 22.7 Å². The average molecular weight is 365 g/mol. The van der Waals surface area contributed by atoms with Gasteiger partial charge in [-0.1, -0.05) is 0 Å². The summed E-state index contributed by atoms with van der Waals surface area (Å²) in [5, 5.41) is 2.95. The van der Waals surface area contributed by atoms with Gasteiger partial charge in [-0.05, 0) is 77.9 Å². The number of amides is 1. The van der Waals surface area contributed by atoms with Crippen LogP contribution in [0.1, 0.15) is 38.5 Å². The minimum absolute atomic E-state index is 0.0571. The van der Waals surface area contributed by atoms with Crippen molar-refractivity contribution in [1.29, 1.82) is 0 Å². The fourth-order valence-corrected chi connectivity index (χ4v) is 4.28. The van der Waals surface area contributed by atoms with Crippen LogP contribution in [-0.2, 0) is 12.8 Å². The van der Waals surface area contributed by atoms with Gasteiger partial charge >= 0.3 is 0 Å². The highest BCUT2D eigenvalue weighted by Gasteiger charge is 2.18. The van der Waals surface area contributed by atoms with Gasteiger partial charge in [-0.3, -0.25) is 4.79 Å². The number of rotatable bonds is 2. The lowest BCUT2D eigenvalue weighted by Crippen LogP contribution is -2.11. The first-order valence-electron chi connectivity index (χ1n) is 7.03. The molecule has 0 saturated heterocycles. The van der Waals surface area contributed by atoms with Crippen LogP contribution >= 0.6 is 27.3 Å². The average Bonchev–Trinajstić information content (AvgIpc) is 2.88. The van der Waals surface area contributed by atoms with Gasteiger partial charge in [-0.2, -0.15) is 0 Å². The molecule has 0 fully saturated rings. The molecule has 0 bridgehead atoms. The summed E-state index contributed by atoms with van der Waals surface area (Å²) in [6.07, 6.45) is 4.66. The van der Waals surface area contributed by atoms with Crippen LogP contribution < -0.4 is 11.1 Å². The van der Waals surface area contributed by atoms with E-state index in [4.69, 9.17) is 5.73 Å². The molecule has 3 nitrogen and oxygen atoms in total. The van der Waals surface area contributed by atoms with Gasteiger partial charge < -0.3 is 11.1 Å². The SMILES string of the molecule is Cc1cc(Br)c(NC(=O)c2cc3c(s2)CCCC3)cc1N. The maximum atomic E-state index is 12.4. The molecule has 1 aromatic carbocycles. The number of nitrogens with one attached hydrogen (secondary N) is 1. The first-order chi connectivity index (χ1) is 10.0. The lowest BCUT2D eigenvalue weighted by molar-refractivity contribution is 0.103. The Balaban J connectivity index is 1.83. The number of aryl methyl sites for hydroxylation is 3. The fraction of sp³-hybridized carbons (Fsp3) is 0.312. The molecule has 1 aromatic heterocycles. The number of thiophene rings is 1. The fourth-order valence-electron chi connectivity index (χ4n) is 2.57. The van der Waals surface area contributed by atoms with Gasteiger partial charge in [0.2, 0.25) is 0 Å². The van der Waals surface area contributed by atoms with Crippen LogP contribution in [0, 0.1) is 6.92 Å². The van der Waals surface area contributed by atoms with Gasteiger partial charge in [0.15, 0.2) is 0 Å². The van der Waals surface area contributed by atoms with Gasteiger partial charge in [0.25, 0.3) is 5.91 Å². The second-order valence-corrected chi connectivity index (χ2v) is 7.40. The molecule has 5 heteroatoms. The van der Waals surface area contributed by atoms with Crippen LogP contribution in [0.5, 0.6) is 0 Å². The normalized spacial score (nSPS) is 13.8. The van der Waals surface area contributed by atoms with E-state index in [2.05, 4.69) is 21.2 Å². The predicted octanol–water partition coefficient (Wildman–Crippen LogP) is 4.53. The number of nitrogen functional groups attached to an aromatic ring is 1. The Morgan fingerprint density at radius 3 is 2.81 bits per heavy atom. The van der Waals surface area contributed by atoms with E-state index in [9.17, 15) is 4.79 Å². The molecule has 0 spiro atoms. The molecule has 21 heavy (non-hydrogen) atoms. The number of carbonyl (C=O) groups is 1. The van der Waals surface area contributed by atoms with Gasteiger partial charge in [-0.25, -0.2) is 0 Å². The third kappa shape index (κ3) is 2.99. The molecular formula is C16H17BrN2OS. The standard InChI is InChI=1S/C16H17BrN2OS/c1-9-6-11(17)13(8-12(9)18)19-16(20)15-7-10-4-2-3-5-14(10)21-15/h6-8H,2-5,18H2,1H3,(H,19,20). The quantitative estimate of drug-likeness (QED) is 0.768. The van der Waals surface area contributed by atoms with Crippen molar-refractivity contribution in [3.05, 3.63) is 43.6 Å². The summed E-state index contributed by atoms with van der Waals surface area (Å²) in [5.41, 5.74) is 9.65. The highest BCUT2D eigenvalue weighted by molar-refractivity contribution is 9.10. The Bertz CT molecular complexity index is 685. The zero-order valence-corrected chi connectivity index (χ0v) is 14.2. The number of hydrogen-bond acceptors (Lipinski definition) is 3. The zero-order chi connectivity index (χ0) is 15.0. The van der Waals surface area contributed by atoms with Crippen molar-refractivity contribution in [3.63, 3.8) is 0 Å². The number of anilines is 2. The third-order valence-electron chi connectivity index (χ3n) is 3.82. The minimum atomic E-state index is -0.0571. The summed E-state index contributed by atoms with van der Waals surface area (Å²) in [6.45, 7) is 1.94. The van der Waals surface area contributed by atoms with E-state index in [-0.39, 0.29) is 5.91 Å². The number of fused-ring (bicyclic) bond motifs is 1. The van der Waals surface area contributed by atoms with Crippen molar-refractivity contribution in [2.24, 2.45) is 0 Å². The first kappa shape index (κ1) is 14.6. The van der Waals surface area contributed by atoms with E-state index in [1.165, 1.54) is 23.3 Å². The summed E-state index contributed by atoms with van der Waals surface area (Å²) in [6, 6.07) is 5.76. The van der Waals surface area contributed by atoms with E-state index < -0.39 is 0 Å². The van der Waals surface area contributed by atoms with Crippen LogP contribution in [-0.4, -0.2) is 5.91 Å². The van der Waals surface area contributed by atoms with E-state index in [1.54, 1.807) is 17.4 Å². The number of benzene rings is 1. The monoisotopic (exact) mass is 364 g/mol. The molecule has 0 saturated carbocycles. The van der Waals surface area contributed by atoms with Crippen LogP contribution in [0.4, 0.5) is 11.4 Å². The Morgan fingerprint density at radius 1 is 1.29 bits per heavy atom. The van der Waals surface area contributed by atoms with Gasteiger partial charge in [-0.15, -0.1) is 11.3 Å². The summed E-state index contributed by atoms with van der Waals surface area (Å²) in [7, 11) is 0. The van der Waals surface area contributed by atoms with Crippen molar-refractivity contribution in [3.8, 4) is 0 Å². The predicted molar refractivity (Wildman–Crippen MR) is 92.2 cm³/mol. The molecule has 110 valence electrons. The van der Waals surface area contributed by atoms with E-state index in [0.29, 0.717) is 5.69 Å². The molecule has 3 rings (SSSR count).